The first-order chi connectivity index (χ1) is 19.1. The fourth-order valence-corrected chi connectivity index (χ4v) is 5.02. The first-order valence-electron chi connectivity index (χ1n) is 12.6. The fraction of sp³-hybridized carbons (Fsp3) is 0.214. The lowest BCUT2D eigenvalue weighted by Gasteiger charge is -2.18. The summed E-state index contributed by atoms with van der Waals surface area (Å²) < 4.78 is 7.63. The first-order valence-corrected chi connectivity index (χ1v) is 13.0. The van der Waals surface area contributed by atoms with E-state index in [1.54, 1.807) is 35.0 Å². The standard InChI is InChI=1S/C28H25ClN8O2/c1-2-26(38)36-11-3-4-18(9-12-36)22-6-7-23-27(35-22)28(32-16-30-23)34-19-5-8-24(21(29)14-19)39-20-10-13-37-25(15-20)31-17-33-37/h2,5-8,10,13-18H,1,3-4,9,11-12H2,(H,30,32,34). The largest absolute Gasteiger partial charge is 0.456 e. The van der Waals surface area contributed by atoms with Crippen molar-refractivity contribution in [3.63, 3.8) is 0 Å². The van der Waals surface area contributed by atoms with Crippen molar-refractivity contribution in [1.29, 1.82) is 0 Å². The number of aromatic nitrogens is 6. The molecular weight excluding hydrogens is 516 g/mol. The van der Waals surface area contributed by atoms with E-state index in [0.717, 1.165) is 42.7 Å². The maximum absolute atomic E-state index is 12.1. The maximum Gasteiger partial charge on any atom is 0.245 e. The molecule has 39 heavy (non-hydrogen) atoms. The lowest BCUT2D eigenvalue weighted by molar-refractivity contribution is -0.125. The van der Waals surface area contributed by atoms with E-state index in [4.69, 9.17) is 21.3 Å². The van der Waals surface area contributed by atoms with Crippen LogP contribution < -0.4 is 10.1 Å². The number of halogens is 1. The Bertz CT molecular complexity index is 1690. The quantitative estimate of drug-likeness (QED) is 0.279. The molecule has 10 nitrogen and oxygen atoms in total. The van der Waals surface area contributed by atoms with E-state index in [1.807, 2.05) is 23.1 Å². The number of hydrogen-bond donors (Lipinski definition) is 1. The van der Waals surface area contributed by atoms with Crippen LogP contribution in [0.3, 0.4) is 0 Å². The second-order valence-corrected chi connectivity index (χ2v) is 9.69. The Hall–Kier alpha value is -4.57. The molecule has 1 atom stereocenters. The Morgan fingerprint density at radius 1 is 1.08 bits per heavy atom. The van der Waals surface area contributed by atoms with Crippen LogP contribution in [0.4, 0.5) is 11.5 Å². The number of pyridine rings is 2. The molecule has 1 unspecified atom stereocenters. The third-order valence-electron chi connectivity index (χ3n) is 6.81. The van der Waals surface area contributed by atoms with E-state index in [0.29, 0.717) is 40.0 Å². The highest BCUT2D eigenvalue weighted by atomic mass is 35.5. The minimum absolute atomic E-state index is 0.0199. The van der Waals surface area contributed by atoms with Crippen molar-refractivity contribution in [1.82, 2.24) is 34.4 Å². The number of likely N-dealkylation sites (tertiary alicyclic amines) is 1. The molecule has 1 amide bonds. The molecule has 0 bridgehead atoms. The van der Waals surface area contributed by atoms with Crippen LogP contribution in [-0.2, 0) is 4.79 Å². The third kappa shape index (κ3) is 5.23. The van der Waals surface area contributed by atoms with Gasteiger partial charge in [-0.1, -0.05) is 18.2 Å². The SMILES string of the molecule is C=CC(=O)N1CCCC(c2ccc3ncnc(Nc4ccc(Oc5ccn6ncnc6c5)c(Cl)c4)c3n2)CC1. The molecule has 1 N–H and O–H groups in total. The van der Waals surface area contributed by atoms with E-state index < -0.39 is 0 Å². The van der Waals surface area contributed by atoms with Gasteiger partial charge in [-0.2, -0.15) is 5.10 Å². The van der Waals surface area contributed by atoms with Crippen molar-refractivity contribution in [2.75, 3.05) is 18.4 Å². The first kappa shape index (κ1) is 24.7. The molecule has 5 heterocycles. The number of nitrogens with one attached hydrogen (secondary N) is 1. The number of nitrogens with zero attached hydrogens (tertiary/aromatic N) is 7. The predicted molar refractivity (Wildman–Crippen MR) is 148 cm³/mol. The molecule has 1 aliphatic rings. The number of hydrogen-bond acceptors (Lipinski definition) is 8. The second-order valence-electron chi connectivity index (χ2n) is 9.28. The van der Waals surface area contributed by atoms with Gasteiger partial charge in [0, 0.05) is 42.7 Å². The smallest absolute Gasteiger partial charge is 0.245 e. The Morgan fingerprint density at radius 3 is 2.87 bits per heavy atom. The van der Waals surface area contributed by atoms with Crippen LogP contribution in [-0.4, -0.2) is 53.4 Å². The lowest BCUT2D eigenvalue weighted by Crippen LogP contribution is -2.30. The number of carbonyl (C=O) groups is 1. The van der Waals surface area contributed by atoms with Crippen molar-refractivity contribution in [3.05, 3.63) is 84.7 Å². The average molecular weight is 541 g/mol. The molecule has 0 saturated carbocycles. The number of benzene rings is 1. The van der Waals surface area contributed by atoms with Gasteiger partial charge in [-0.15, -0.1) is 0 Å². The monoisotopic (exact) mass is 540 g/mol. The molecule has 0 radical (unpaired) electrons. The Balaban J connectivity index is 1.22. The van der Waals surface area contributed by atoms with Crippen molar-refractivity contribution in [3.8, 4) is 11.5 Å². The Morgan fingerprint density at radius 2 is 2.00 bits per heavy atom. The van der Waals surface area contributed by atoms with Gasteiger partial charge in [0.2, 0.25) is 5.91 Å². The van der Waals surface area contributed by atoms with Gasteiger partial charge < -0.3 is 15.0 Å². The summed E-state index contributed by atoms with van der Waals surface area (Å²) >= 11 is 6.57. The summed E-state index contributed by atoms with van der Waals surface area (Å²) in [6.07, 6.45) is 8.86. The van der Waals surface area contributed by atoms with Gasteiger partial charge >= 0.3 is 0 Å². The maximum atomic E-state index is 12.1. The molecular formula is C28H25ClN8O2. The van der Waals surface area contributed by atoms with Crippen LogP contribution in [0.15, 0.2) is 74.0 Å². The number of anilines is 2. The van der Waals surface area contributed by atoms with Gasteiger partial charge in [0.1, 0.15) is 29.7 Å². The highest BCUT2D eigenvalue weighted by Crippen LogP contribution is 2.34. The third-order valence-corrected chi connectivity index (χ3v) is 7.11. The second kappa shape index (κ2) is 10.7. The Kier molecular flexibility index (Phi) is 6.76. The molecule has 0 aliphatic carbocycles. The van der Waals surface area contributed by atoms with Crippen LogP contribution in [0.25, 0.3) is 16.7 Å². The van der Waals surface area contributed by atoms with Crippen molar-refractivity contribution >= 4 is 45.7 Å². The molecule has 1 saturated heterocycles. The van der Waals surface area contributed by atoms with Gasteiger partial charge in [0.25, 0.3) is 0 Å². The summed E-state index contributed by atoms with van der Waals surface area (Å²) in [5.41, 5.74) is 3.80. The summed E-state index contributed by atoms with van der Waals surface area (Å²) in [4.78, 5) is 31.9. The zero-order valence-corrected chi connectivity index (χ0v) is 21.8. The van der Waals surface area contributed by atoms with Crippen LogP contribution in [0.2, 0.25) is 5.02 Å². The summed E-state index contributed by atoms with van der Waals surface area (Å²) in [5.74, 6) is 1.92. The summed E-state index contributed by atoms with van der Waals surface area (Å²) in [7, 11) is 0. The fourth-order valence-electron chi connectivity index (χ4n) is 4.80. The summed E-state index contributed by atoms with van der Waals surface area (Å²) in [6.45, 7) is 5.04. The van der Waals surface area contributed by atoms with Gasteiger partial charge in [0.15, 0.2) is 11.5 Å². The van der Waals surface area contributed by atoms with Crippen molar-refractivity contribution in [2.24, 2.45) is 0 Å². The van der Waals surface area contributed by atoms with Crippen LogP contribution in [0.5, 0.6) is 11.5 Å². The number of carbonyl (C=O) groups excluding carboxylic acids is 1. The molecule has 0 spiro atoms. The van der Waals surface area contributed by atoms with E-state index >= 15 is 0 Å². The molecule has 11 heteroatoms. The zero-order valence-electron chi connectivity index (χ0n) is 21.0. The van der Waals surface area contributed by atoms with Crippen LogP contribution in [0, 0.1) is 0 Å². The normalized spacial score (nSPS) is 15.7. The minimum atomic E-state index is -0.0199. The lowest BCUT2D eigenvalue weighted by atomic mass is 9.96. The average Bonchev–Trinajstić information content (AvgIpc) is 3.28. The summed E-state index contributed by atoms with van der Waals surface area (Å²) in [6, 6.07) is 13.0. The molecule has 4 aromatic heterocycles. The number of fused-ring (bicyclic) bond motifs is 2. The van der Waals surface area contributed by atoms with Gasteiger partial charge in [-0.05, 0) is 61.7 Å². The molecule has 6 rings (SSSR count). The van der Waals surface area contributed by atoms with Gasteiger partial charge in [-0.3, -0.25) is 4.79 Å². The zero-order chi connectivity index (χ0) is 26.8. The molecule has 1 aromatic carbocycles. The van der Waals surface area contributed by atoms with Crippen LogP contribution >= 0.6 is 11.6 Å². The molecule has 5 aromatic rings. The van der Waals surface area contributed by atoms with Crippen molar-refractivity contribution in [2.45, 2.75) is 25.2 Å². The van der Waals surface area contributed by atoms with Gasteiger partial charge in [0.05, 0.1) is 10.5 Å². The highest BCUT2D eigenvalue weighted by molar-refractivity contribution is 6.32. The molecule has 1 aliphatic heterocycles. The van der Waals surface area contributed by atoms with E-state index in [2.05, 4.69) is 31.9 Å². The number of rotatable bonds is 6. The van der Waals surface area contributed by atoms with E-state index in [-0.39, 0.29) is 11.8 Å². The number of ether oxygens (including phenoxy) is 1. The van der Waals surface area contributed by atoms with Crippen LogP contribution in [0.1, 0.15) is 30.9 Å². The van der Waals surface area contributed by atoms with E-state index in [1.165, 1.54) is 18.7 Å². The number of amides is 1. The van der Waals surface area contributed by atoms with Crippen molar-refractivity contribution < 1.29 is 9.53 Å². The Labute approximate surface area is 229 Å². The molecule has 196 valence electrons. The topological polar surface area (TPSA) is 110 Å². The highest BCUT2D eigenvalue weighted by Gasteiger charge is 2.22. The predicted octanol–water partition coefficient (Wildman–Crippen LogP) is 5.54. The van der Waals surface area contributed by atoms with Gasteiger partial charge in [-0.25, -0.2) is 24.5 Å². The minimum Gasteiger partial charge on any atom is -0.456 e. The summed E-state index contributed by atoms with van der Waals surface area (Å²) in [5, 5.41) is 7.86. The van der Waals surface area contributed by atoms with E-state index in [9.17, 15) is 4.79 Å². The molecule has 1 fully saturated rings.